The topological polar surface area (TPSA) is 58.6 Å². The zero-order valence-corrected chi connectivity index (χ0v) is 11.7. The molecule has 1 rings (SSSR count). The van der Waals surface area contributed by atoms with Crippen LogP contribution in [0.3, 0.4) is 0 Å². The summed E-state index contributed by atoms with van der Waals surface area (Å²) in [6, 6.07) is 7.04. The molecule has 0 radical (unpaired) electrons. The van der Waals surface area contributed by atoms with Crippen molar-refractivity contribution >= 4 is 5.97 Å². The monoisotopic (exact) mass is 265 g/mol. The second-order valence-corrected chi connectivity index (χ2v) is 4.53. The molecule has 1 atom stereocenters. The molecule has 1 aromatic carbocycles. The maximum absolute atomic E-state index is 10.7. The van der Waals surface area contributed by atoms with Gasteiger partial charge in [-0.1, -0.05) is 20.3 Å². The van der Waals surface area contributed by atoms with Gasteiger partial charge < -0.3 is 15.2 Å². The van der Waals surface area contributed by atoms with Gasteiger partial charge in [0.2, 0.25) is 0 Å². The van der Waals surface area contributed by atoms with Crippen molar-refractivity contribution in [3.8, 4) is 5.75 Å². The van der Waals surface area contributed by atoms with Gasteiger partial charge in [-0.25, -0.2) is 4.79 Å². The quantitative estimate of drug-likeness (QED) is 0.674. The Morgan fingerprint density at radius 1 is 1.32 bits per heavy atom. The van der Waals surface area contributed by atoms with E-state index < -0.39 is 5.97 Å². The summed E-state index contributed by atoms with van der Waals surface area (Å²) in [6.07, 6.45) is 3.49. The number of ether oxygens (including phenoxy) is 1. The lowest BCUT2D eigenvalue weighted by Crippen LogP contribution is -2.31. The molecule has 1 aromatic rings. The third kappa shape index (κ3) is 5.75. The standard InChI is InChI=1S/C15H23NO3/c1-3-5-13(4-2)16-10-11-19-14-8-6-12(7-9-14)15(17)18/h6-9,13,16H,3-5,10-11H2,1-2H3,(H,17,18). The van der Waals surface area contributed by atoms with Gasteiger partial charge in [0.25, 0.3) is 0 Å². The zero-order chi connectivity index (χ0) is 14.1. The van der Waals surface area contributed by atoms with E-state index in [4.69, 9.17) is 9.84 Å². The van der Waals surface area contributed by atoms with Crippen LogP contribution in [-0.4, -0.2) is 30.3 Å². The first kappa shape index (κ1) is 15.5. The average Bonchev–Trinajstić information content (AvgIpc) is 2.42. The molecule has 0 aromatic heterocycles. The van der Waals surface area contributed by atoms with Crippen LogP contribution in [0.2, 0.25) is 0 Å². The highest BCUT2D eigenvalue weighted by Gasteiger charge is 2.04. The van der Waals surface area contributed by atoms with Gasteiger partial charge in [0.05, 0.1) is 5.56 Å². The zero-order valence-electron chi connectivity index (χ0n) is 11.7. The number of carboxylic acids is 1. The molecule has 0 heterocycles. The molecule has 0 bridgehead atoms. The fraction of sp³-hybridized carbons (Fsp3) is 0.533. The second kappa shape index (κ2) is 8.53. The Balaban J connectivity index is 2.27. The van der Waals surface area contributed by atoms with E-state index in [1.54, 1.807) is 24.3 Å². The summed E-state index contributed by atoms with van der Waals surface area (Å²) in [5.74, 6) is -0.214. The van der Waals surface area contributed by atoms with Gasteiger partial charge >= 0.3 is 5.97 Å². The number of hydrogen-bond acceptors (Lipinski definition) is 3. The van der Waals surface area contributed by atoms with Crippen LogP contribution in [0.15, 0.2) is 24.3 Å². The van der Waals surface area contributed by atoms with E-state index in [0.29, 0.717) is 18.4 Å². The Labute approximate surface area is 114 Å². The van der Waals surface area contributed by atoms with Gasteiger partial charge in [0.1, 0.15) is 12.4 Å². The predicted molar refractivity (Wildman–Crippen MR) is 75.9 cm³/mol. The summed E-state index contributed by atoms with van der Waals surface area (Å²) in [5.41, 5.74) is 0.277. The van der Waals surface area contributed by atoms with Crippen molar-refractivity contribution in [2.75, 3.05) is 13.2 Å². The Hall–Kier alpha value is -1.55. The van der Waals surface area contributed by atoms with Crippen molar-refractivity contribution in [1.82, 2.24) is 5.32 Å². The highest BCUT2D eigenvalue weighted by Crippen LogP contribution is 2.11. The Morgan fingerprint density at radius 2 is 2.00 bits per heavy atom. The molecule has 2 N–H and O–H groups in total. The summed E-state index contributed by atoms with van der Waals surface area (Å²) in [6.45, 7) is 5.76. The van der Waals surface area contributed by atoms with Crippen molar-refractivity contribution < 1.29 is 14.6 Å². The number of nitrogens with one attached hydrogen (secondary N) is 1. The van der Waals surface area contributed by atoms with Gasteiger partial charge in [-0.05, 0) is 37.1 Å². The van der Waals surface area contributed by atoms with Crippen molar-refractivity contribution in [3.63, 3.8) is 0 Å². The summed E-state index contributed by atoms with van der Waals surface area (Å²) < 4.78 is 5.56. The maximum atomic E-state index is 10.7. The predicted octanol–water partition coefficient (Wildman–Crippen LogP) is 2.93. The van der Waals surface area contributed by atoms with Gasteiger partial charge in [0.15, 0.2) is 0 Å². The van der Waals surface area contributed by atoms with E-state index in [2.05, 4.69) is 19.2 Å². The Bertz CT molecular complexity index is 375. The van der Waals surface area contributed by atoms with Crippen molar-refractivity contribution in [3.05, 3.63) is 29.8 Å². The summed E-state index contributed by atoms with van der Waals surface area (Å²) >= 11 is 0. The maximum Gasteiger partial charge on any atom is 0.335 e. The largest absolute Gasteiger partial charge is 0.492 e. The average molecular weight is 265 g/mol. The molecular formula is C15H23NO3. The minimum absolute atomic E-state index is 0.277. The third-order valence-corrected chi connectivity index (χ3v) is 3.04. The normalized spacial score (nSPS) is 12.1. The fourth-order valence-electron chi connectivity index (χ4n) is 1.92. The number of benzene rings is 1. The lowest BCUT2D eigenvalue weighted by atomic mass is 10.1. The molecule has 0 saturated carbocycles. The molecule has 0 aliphatic carbocycles. The molecule has 0 aliphatic rings. The number of rotatable bonds is 9. The number of carbonyl (C=O) groups is 1. The molecule has 4 heteroatoms. The van der Waals surface area contributed by atoms with Crippen LogP contribution in [0.25, 0.3) is 0 Å². The number of carboxylic acid groups (broad SMARTS) is 1. The van der Waals surface area contributed by atoms with Crippen molar-refractivity contribution in [1.29, 1.82) is 0 Å². The summed E-state index contributed by atoms with van der Waals surface area (Å²) in [7, 11) is 0. The van der Waals surface area contributed by atoms with Crippen LogP contribution in [0.5, 0.6) is 5.75 Å². The van der Waals surface area contributed by atoms with E-state index in [-0.39, 0.29) is 5.56 Å². The summed E-state index contributed by atoms with van der Waals surface area (Å²) in [4.78, 5) is 10.7. The van der Waals surface area contributed by atoms with Crippen LogP contribution in [0.4, 0.5) is 0 Å². The minimum atomic E-state index is -0.918. The van der Waals surface area contributed by atoms with Gasteiger partial charge in [-0.3, -0.25) is 0 Å². The van der Waals surface area contributed by atoms with Gasteiger partial charge in [0, 0.05) is 12.6 Å². The second-order valence-electron chi connectivity index (χ2n) is 4.53. The minimum Gasteiger partial charge on any atom is -0.492 e. The Morgan fingerprint density at radius 3 is 2.53 bits per heavy atom. The molecule has 1 unspecified atom stereocenters. The van der Waals surface area contributed by atoms with E-state index in [1.807, 2.05) is 0 Å². The van der Waals surface area contributed by atoms with Crippen LogP contribution in [0, 0.1) is 0 Å². The molecule has 106 valence electrons. The smallest absolute Gasteiger partial charge is 0.335 e. The van der Waals surface area contributed by atoms with Crippen LogP contribution in [0.1, 0.15) is 43.5 Å². The van der Waals surface area contributed by atoms with Crippen LogP contribution < -0.4 is 10.1 Å². The molecule has 0 amide bonds. The molecule has 0 aliphatic heterocycles. The lowest BCUT2D eigenvalue weighted by molar-refractivity contribution is 0.0697. The highest BCUT2D eigenvalue weighted by molar-refractivity contribution is 5.87. The first-order valence-electron chi connectivity index (χ1n) is 6.86. The lowest BCUT2D eigenvalue weighted by Gasteiger charge is -2.16. The molecule has 19 heavy (non-hydrogen) atoms. The molecule has 4 nitrogen and oxygen atoms in total. The number of hydrogen-bond donors (Lipinski definition) is 2. The number of aromatic carboxylic acids is 1. The first-order chi connectivity index (χ1) is 9.17. The van der Waals surface area contributed by atoms with E-state index in [1.165, 1.54) is 12.8 Å². The molecule has 0 spiro atoms. The Kier molecular flexibility index (Phi) is 6.97. The molecular weight excluding hydrogens is 242 g/mol. The van der Waals surface area contributed by atoms with E-state index in [0.717, 1.165) is 13.0 Å². The SMILES string of the molecule is CCCC(CC)NCCOc1ccc(C(=O)O)cc1. The molecule has 0 saturated heterocycles. The fourth-order valence-corrected chi connectivity index (χ4v) is 1.92. The first-order valence-corrected chi connectivity index (χ1v) is 6.86. The van der Waals surface area contributed by atoms with Gasteiger partial charge in [-0.15, -0.1) is 0 Å². The van der Waals surface area contributed by atoms with Crippen molar-refractivity contribution in [2.45, 2.75) is 39.2 Å². The van der Waals surface area contributed by atoms with E-state index in [9.17, 15) is 4.79 Å². The molecule has 0 fully saturated rings. The van der Waals surface area contributed by atoms with E-state index >= 15 is 0 Å². The third-order valence-electron chi connectivity index (χ3n) is 3.04. The van der Waals surface area contributed by atoms with Crippen LogP contribution >= 0.6 is 0 Å². The van der Waals surface area contributed by atoms with Gasteiger partial charge in [-0.2, -0.15) is 0 Å². The summed E-state index contributed by atoms with van der Waals surface area (Å²) in [5, 5.41) is 12.2. The highest BCUT2D eigenvalue weighted by atomic mass is 16.5. The van der Waals surface area contributed by atoms with Crippen LogP contribution in [-0.2, 0) is 0 Å². The van der Waals surface area contributed by atoms with Crippen molar-refractivity contribution in [2.24, 2.45) is 0 Å².